The van der Waals surface area contributed by atoms with Gasteiger partial charge < -0.3 is 9.88 Å². The quantitative estimate of drug-likeness (QED) is 0.861. The van der Waals surface area contributed by atoms with Gasteiger partial charge in [0.25, 0.3) is 0 Å². The minimum atomic E-state index is -0.232. The van der Waals surface area contributed by atoms with Gasteiger partial charge in [-0.1, -0.05) is 29.8 Å². The van der Waals surface area contributed by atoms with Crippen molar-refractivity contribution < 1.29 is 4.79 Å². The summed E-state index contributed by atoms with van der Waals surface area (Å²) in [6, 6.07) is 3.02. The van der Waals surface area contributed by atoms with E-state index in [1.165, 1.54) is 10.6 Å². The van der Waals surface area contributed by atoms with Crippen LogP contribution in [0.25, 0.3) is 0 Å². The van der Waals surface area contributed by atoms with Crippen LogP contribution in [0, 0.1) is 5.92 Å². The van der Waals surface area contributed by atoms with Gasteiger partial charge in [0.1, 0.15) is 0 Å². The molecule has 5 heteroatoms. The number of nitrogens with one attached hydrogen (secondary N) is 1. The lowest BCUT2D eigenvalue weighted by Crippen LogP contribution is -2.27. The molecule has 1 aromatic rings. The molecule has 4 nitrogen and oxygen atoms in total. The number of hydrogen-bond donors (Lipinski definition) is 1. The predicted octanol–water partition coefficient (Wildman–Crippen LogP) is 1.74. The van der Waals surface area contributed by atoms with Crippen molar-refractivity contribution in [2.75, 3.05) is 5.32 Å². The lowest BCUT2D eigenvalue weighted by atomic mass is 10.1. The van der Waals surface area contributed by atoms with E-state index in [2.05, 4.69) is 21.2 Å². The fourth-order valence-electron chi connectivity index (χ4n) is 1.18. The number of nitrogens with zero attached hydrogens (tertiary/aromatic N) is 1. The Bertz CT molecular complexity index is 440. The highest BCUT2D eigenvalue weighted by Crippen LogP contribution is 2.14. The molecule has 0 radical (unpaired) electrons. The Morgan fingerprint density at radius 3 is 2.56 bits per heavy atom. The highest BCUT2D eigenvalue weighted by Gasteiger charge is 2.18. The van der Waals surface area contributed by atoms with Crippen molar-refractivity contribution in [2.45, 2.75) is 18.7 Å². The molecule has 0 aromatic carbocycles. The summed E-state index contributed by atoms with van der Waals surface area (Å²) in [5.41, 5.74) is 0.523. The lowest BCUT2D eigenvalue weighted by molar-refractivity contribution is -0.116. The monoisotopic (exact) mass is 286 g/mol. The molecule has 0 fully saturated rings. The second-order valence-corrected chi connectivity index (χ2v) is 4.99. The van der Waals surface area contributed by atoms with E-state index in [9.17, 15) is 9.59 Å². The van der Waals surface area contributed by atoms with Crippen molar-refractivity contribution >= 4 is 27.5 Å². The first-order valence-electron chi connectivity index (χ1n) is 5.03. The summed E-state index contributed by atoms with van der Waals surface area (Å²) in [4.78, 5) is 22.6. The zero-order valence-corrected chi connectivity index (χ0v) is 11.1. The average molecular weight is 287 g/mol. The molecule has 0 bridgehead atoms. The summed E-state index contributed by atoms with van der Waals surface area (Å²) in [7, 11) is 1.64. The van der Waals surface area contributed by atoms with E-state index < -0.39 is 0 Å². The Morgan fingerprint density at radius 2 is 2.06 bits per heavy atom. The standard InChI is InChI=1S/C11H15BrN2O2/c1-7(2)10(12)11(16)13-8-4-5-9(15)14(3)6-8/h4-7,10H,1-3H3,(H,13,16). The van der Waals surface area contributed by atoms with Gasteiger partial charge in [0, 0.05) is 19.3 Å². The molecule has 0 aliphatic heterocycles. The second kappa shape index (κ2) is 5.30. The van der Waals surface area contributed by atoms with Gasteiger partial charge >= 0.3 is 0 Å². The maximum Gasteiger partial charge on any atom is 0.250 e. The Labute approximate surface area is 103 Å². The number of rotatable bonds is 3. The van der Waals surface area contributed by atoms with Crippen LogP contribution in [0.1, 0.15) is 13.8 Å². The van der Waals surface area contributed by atoms with Crippen molar-refractivity contribution in [3.63, 3.8) is 0 Å². The normalized spacial score (nSPS) is 12.6. The molecule has 1 amide bonds. The molecule has 0 saturated carbocycles. The van der Waals surface area contributed by atoms with E-state index in [-0.39, 0.29) is 22.2 Å². The number of halogens is 1. The second-order valence-electron chi connectivity index (χ2n) is 4.00. The molecule has 1 heterocycles. The number of aryl methyl sites for hydroxylation is 1. The SMILES string of the molecule is CC(C)C(Br)C(=O)Nc1ccc(=O)n(C)c1. The minimum absolute atomic E-state index is 0.0998. The van der Waals surface area contributed by atoms with Crippen LogP contribution in [0.2, 0.25) is 0 Å². The lowest BCUT2D eigenvalue weighted by Gasteiger charge is -2.13. The summed E-state index contributed by atoms with van der Waals surface area (Å²) in [6.45, 7) is 3.92. The number of aromatic nitrogens is 1. The maximum absolute atomic E-state index is 11.7. The smallest absolute Gasteiger partial charge is 0.250 e. The third kappa shape index (κ3) is 3.20. The molecular weight excluding hydrogens is 272 g/mol. The molecule has 16 heavy (non-hydrogen) atoms. The van der Waals surface area contributed by atoms with Gasteiger partial charge in [0.15, 0.2) is 0 Å². The van der Waals surface area contributed by atoms with Crippen molar-refractivity contribution in [3.05, 3.63) is 28.7 Å². The van der Waals surface area contributed by atoms with Crippen LogP contribution in [-0.2, 0) is 11.8 Å². The molecule has 1 aromatic heterocycles. The average Bonchev–Trinajstić information content (AvgIpc) is 2.22. The number of alkyl halides is 1. The number of carbonyl (C=O) groups is 1. The topological polar surface area (TPSA) is 51.1 Å². The molecule has 1 N–H and O–H groups in total. The van der Waals surface area contributed by atoms with Crippen LogP contribution in [0.5, 0.6) is 0 Å². The molecule has 88 valence electrons. The number of hydrogen-bond acceptors (Lipinski definition) is 2. The van der Waals surface area contributed by atoms with Gasteiger partial charge in [-0.3, -0.25) is 9.59 Å². The first-order chi connectivity index (χ1) is 7.41. The molecule has 0 aliphatic rings. The summed E-state index contributed by atoms with van der Waals surface area (Å²) >= 11 is 3.32. The Morgan fingerprint density at radius 1 is 1.44 bits per heavy atom. The van der Waals surface area contributed by atoms with Crippen LogP contribution in [0.3, 0.4) is 0 Å². The highest BCUT2D eigenvalue weighted by molar-refractivity contribution is 9.10. The van der Waals surface area contributed by atoms with Gasteiger partial charge in [-0.15, -0.1) is 0 Å². The number of pyridine rings is 1. The van der Waals surface area contributed by atoms with Crippen LogP contribution in [0.4, 0.5) is 5.69 Å². The number of anilines is 1. The maximum atomic E-state index is 11.7. The number of carbonyl (C=O) groups excluding carboxylic acids is 1. The van der Waals surface area contributed by atoms with Gasteiger partial charge in [-0.05, 0) is 12.0 Å². The molecule has 0 saturated heterocycles. The van der Waals surface area contributed by atoms with Crippen LogP contribution in [0.15, 0.2) is 23.1 Å². The summed E-state index contributed by atoms with van der Waals surface area (Å²) in [6.07, 6.45) is 1.60. The first kappa shape index (κ1) is 13.0. The van der Waals surface area contributed by atoms with Crippen LogP contribution >= 0.6 is 15.9 Å². The Balaban J connectivity index is 2.77. The van der Waals surface area contributed by atoms with Gasteiger partial charge in [-0.25, -0.2) is 0 Å². The molecule has 0 aliphatic carbocycles. The van der Waals surface area contributed by atoms with Gasteiger partial charge in [0.05, 0.1) is 10.5 Å². The largest absolute Gasteiger partial charge is 0.324 e. The third-order valence-corrected chi connectivity index (χ3v) is 3.66. The molecule has 0 spiro atoms. The molecular formula is C11H15BrN2O2. The molecule has 1 atom stereocenters. The van der Waals surface area contributed by atoms with E-state index in [4.69, 9.17) is 0 Å². The van der Waals surface area contributed by atoms with E-state index in [1.807, 2.05) is 13.8 Å². The van der Waals surface area contributed by atoms with E-state index in [0.29, 0.717) is 5.69 Å². The van der Waals surface area contributed by atoms with E-state index in [1.54, 1.807) is 19.3 Å². The molecule has 1 rings (SSSR count). The predicted molar refractivity (Wildman–Crippen MR) is 67.9 cm³/mol. The molecule has 1 unspecified atom stereocenters. The van der Waals surface area contributed by atoms with Crippen molar-refractivity contribution in [3.8, 4) is 0 Å². The number of amides is 1. The van der Waals surface area contributed by atoms with Crippen molar-refractivity contribution in [2.24, 2.45) is 13.0 Å². The fraction of sp³-hybridized carbons (Fsp3) is 0.455. The van der Waals surface area contributed by atoms with Gasteiger partial charge in [0.2, 0.25) is 11.5 Å². The van der Waals surface area contributed by atoms with Crippen LogP contribution in [-0.4, -0.2) is 15.3 Å². The Kier molecular flexibility index (Phi) is 4.29. The van der Waals surface area contributed by atoms with Crippen molar-refractivity contribution in [1.82, 2.24) is 4.57 Å². The Hall–Kier alpha value is -1.10. The van der Waals surface area contributed by atoms with E-state index in [0.717, 1.165) is 0 Å². The summed E-state index contributed by atoms with van der Waals surface area (Å²) in [5.74, 6) is 0.112. The fourth-order valence-corrected chi connectivity index (χ4v) is 1.30. The van der Waals surface area contributed by atoms with Crippen molar-refractivity contribution in [1.29, 1.82) is 0 Å². The van der Waals surface area contributed by atoms with Gasteiger partial charge in [-0.2, -0.15) is 0 Å². The zero-order chi connectivity index (χ0) is 12.3. The highest BCUT2D eigenvalue weighted by atomic mass is 79.9. The van der Waals surface area contributed by atoms with Crippen LogP contribution < -0.4 is 10.9 Å². The zero-order valence-electron chi connectivity index (χ0n) is 9.53. The summed E-state index contributed by atoms with van der Waals surface area (Å²) in [5, 5.41) is 2.75. The summed E-state index contributed by atoms with van der Waals surface area (Å²) < 4.78 is 1.42. The van der Waals surface area contributed by atoms with E-state index >= 15 is 0 Å². The first-order valence-corrected chi connectivity index (χ1v) is 5.95. The third-order valence-electron chi connectivity index (χ3n) is 2.19. The minimum Gasteiger partial charge on any atom is -0.324 e.